The minimum Gasteiger partial charge on any atom is -0.544 e. The summed E-state index contributed by atoms with van der Waals surface area (Å²) in [5.41, 5.74) is 0. The van der Waals surface area contributed by atoms with Crippen molar-refractivity contribution in [1.82, 2.24) is 0 Å². The molecular formula is C47H81NO7. The van der Waals surface area contributed by atoms with E-state index < -0.39 is 18.1 Å². The molecule has 2 unspecified atom stereocenters. The molecule has 0 rings (SSSR count). The van der Waals surface area contributed by atoms with Crippen LogP contribution < -0.4 is 5.11 Å². The van der Waals surface area contributed by atoms with E-state index in [0.29, 0.717) is 12.8 Å². The first kappa shape index (κ1) is 52.0. The predicted molar refractivity (Wildman–Crippen MR) is 226 cm³/mol. The Balaban J connectivity index is 4.23. The third kappa shape index (κ3) is 36.4. The summed E-state index contributed by atoms with van der Waals surface area (Å²) in [4.78, 5) is 36.7. The molecule has 0 saturated heterocycles. The summed E-state index contributed by atoms with van der Waals surface area (Å²) < 4.78 is 17.0. The summed E-state index contributed by atoms with van der Waals surface area (Å²) in [6.07, 6.45) is 45.6. The van der Waals surface area contributed by atoms with Gasteiger partial charge in [-0.3, -0.25) is 9.59 Å². The first-order valence-corrected chi connectivity index (χ1v) is 21.8. The van der Waals surface area contributed by atoms with Crippen LogP contribution in [0.4, 0.5) is 0 Å². The van der Waals surface area contributed by atoms with Crippen LogP contribution in [0.5, 0.6) is 0 Å². The van der Waals surface area contributed by atoms with Crippen molar-refractivity contribution in [3.05, 3.63) is 60.8 Å². The van der Waals surface area contributed by atoms with Crippen LogP contribution in [-0.2, 0) is 28.6 Å². The number of carbonyl (C=O) groups is 3. The molecule has 0 fully saturated rings. The minimum atomic E-state index is -1.13. The number of carboxylic acids is 1. The van der Waals surface area contributed by atoms with Crippen LogP contribution in [0.1, 0.15) is 168 Å². The third-order valence-electron chi connectivity index (χ3n) is 9.40. The van der Waals surface area contributed by atoms with Crippen molar-refractivity contribution >= 4 is 17.9 Å². The van der Waals surface area contributed by atoms with E-state index in [1.54, 1.807) is 21.1 Å². The van der Waals surface area contributed by atoms with E-state index in [1.807, 2.05) is 6.08 Å². The molecule has 8 heteroatoms. The molecule has 0 heterocycles. The van der Waals surface area contributed by atoms with Crippen molar-refractivity contribution in [1.29, 1.82) is 0 Å². The number of hydrogen-bond acceptors (Lipinski definition) is 7. The standard InChI is InChI=1S/C47H81NO7/c1-6-8-10-12-14-16-17-18-19-20-21-22-23-24-25-26-27-28-29-30-32-34-36-38-46(50)55-43(41-53-40-39-44(47(51)52)48(3,4)5)42-54-45(49)37-35-33-31-15-13-11-9-7-2/h8,10,14,16,18-19,21-22,31,33,43-44H,6-7,9,11-13,15,17,20,23-30,32,34-42H2,1-5H3/b10-8+,16-14+,19-18+,22-21+,33-31+. The molecule has 0 aromatic heterocycles. The van der Waals surface area contributed by atoms with Gasteiger partial charge in [-0.1, -0.05) is 145 Å². The molecule has 0 radical (unpaired) electrons. The van der Waals surface area contributed by atoms with Crippen molar-refractivity contribution in [3.8, 4) is 0 Å². The van der Waals surface area contributed by atoms with E-state index in [0.717, 1.165) is 64.2 Å². The Labute approximate surface area is 337 Å². The van der Waals surface area contributed by atoms with E-state index in [4.69, 9.17) is 14.2 Å². The summed E-state index contributed by atoms with van der Waals surface area (Å²) in [6.45, 7) is 4.45. The molecule has 0 aliphatic heterocycles. The number of aliphatic carboxylic acids is 1. The number of unbranched alkanes of at least 4 members (excludes halogenated alkanes) is 14. The van der Waals surface area contributed by atoms with E-state index in [-0.39, 0.29) is 49.1 Å². The van der Waals surface area contributed by atoms with E-state index >= 15 is 0 Å². The molecule has 2 atom stereocenters. The molecular weight excluding hydrogens is 691 g/mol. The largest absolute Gasteiger partial charge is 0.544 e. The van der Waals surface area contributed by atoms with Gasteiger partial charge in [0, 0.05) is 19.3 Å². The predicted octanol–water partition coefficient (Wildman–Crippen LogP) is 10.5. The number of carbonyl (C=O) groups excluding carboxylic acids is 3. The zero-order valence-corrected chi connectivity index (χ0v) is 35.8. The fourth-order valence-electron chi connectivity index (χ4n) is 6.02. The summed E-state index contributed by atoms with van der Waals surface area (Å²) in [6, 6.07) is -0.731. The lowest BCUT2D eigenvalue weighted by atomic mass is 10.0. The van der Waals surface area contributed by atoms with Gasteiger partial charge < -0.3 is 28.6 Å². The summed E-state index contributed by atoms with van der Waals surface area (Å²) in [5, 5.41) is 11.6. The first-order chi connectivity index (χ1) is 26.6. The Morgan fingerprint density at radius 3 is 1.60 bits per heavy atom. The van der Waals surface area contributed by atoms with Gasteiger partial charge in [0.15, 0.2) is 6.10 Å². The molecule has 0 aromatic rings. The van der Waals surface area contributed by atoms with Crippen LogP contribution in [0.3, 0.4) is 0 Å². The van der Waals surface area contributed by atoms with Crippen LogP contribution in [0.25, 0.3) is 0 Å². The van der Waals surface area contributed by atoms with Crippen LogP contribution in [-0.4, -0.2) is 75.5 Å². The molecule has 0 aromatic carbocycles. The van der Waals surface area contributed by atoms with Gasteiger partial charge in [0.2, 0.25) is 0 Å². The second-order valence-corrected chi connectivity index (χ2v) is 15.5. The smallest absolute Gasteiger partial charge is 0.306 e. The maximum absolute atomic E-state index is 12.7. The maximum atomic E-state index is 12.7. The minimum absolute atomic E-state index is 0.0258. The maximum Gasteiger partial charge on any atom is 0.306 e. The molecule has 0 saturated carbocycles. The normalized spacial score (nSPS) is 13.5. The van der Waals surface area contributed by atoms with E-state index in [1.165, 1.54) is 64.2 Å². The molecule has 0 amide bonds. The molecule has 0 aliphatic rings. The average molecular weight is 772 g/mol. The fraction of sp³-hybridized carbons (Fsp3) is 0.723. The van der Waals surface area contributed by atoms with Crippen molar-refractivity contribution in [3.63, 3.8) is 0 Å². The van der Waals surface area contributed by atoms with Gasteiger partial charge >= 0.3 is 11.9 Å². The highest BCUT2D eigenvalue weighted by atomic mass is 16.6. The molecule has 0 aliphatic carbocycles. The Kier molecular flexibility index (Phi) is 35.9. The van der Waals surface area contributed by atoms with Gasteiger partial charge in [0.25, 0.3) is 0 Å². The monoisotopic (exact) mass is 772 g/mol. The van der Waals surface area contributed by atoms with Gasteiger partial charge in [-0.05, 0) is 64.2 Å². The summed E-state index contributed by atoms with van der Waals surface area (Å²) in [7, 11) is 5.38. The molecule has 55 heavy (non-hydrogen) atoms. The fourth-order valence-corrected chi connectivity index (χ4v) is 6.02. The third-order valence-corrected chi connectivity index (χ3v) is 9.40. The van der Waals surface area contributed by atoms with Gasteiger partial charge in [-0.25, -0.2) is 0 Å². The van der Waals surface area contributed by atoms with Gasteiger partial charge in [0.05, 0.1) is 40.3 Å². The first-order valence-electron chi connectivity index (χ1n) is 21.8. The van der Waals surface area contributed by atoms with Crippen molar-refractivity contribution in [2.24, 2.45) is 0 Å². The SMILES string of the molecule is CC/C=C/C/C=C/C/C=C/C/C=C/CCCCCCCCCCCCC(=O)OC(COCCC(C(=O)[O-])[N+](C)(C)C)COC(=O)CC/C=C/CCCCCC. The second kappa shape index (κ2) is 37.9. The van der Waals surface area contributed by atoms with Crippen LogP contribution in [0.2, 0.25) is 0 Å². The van der Waals surface area contributed by atoms with E-state index in [2.05, 4.69) is 68.5 Å². The van der Waals surface area contributed by atoms with Crippen molar-refractivity contribution < 1.29 is 38.2 Å². The molecule has 8 nitrogen and oxygen atoms in total. The number of hydrogen-bond donors (Lipinski definition) is 0. The Bertz CT molecular complexity index is 1090. The van der Waals surface area contributed by atoms with Crippen molar-refractivity contribution in [2.45, 2.75) is 180 Å². The lowest BCUT2D eigenvalue weighted by Crippen LogP contribution is -2.55. The topological polar surface area (TPSA) is 102 Å². The number of esters is 2. The number of ether oxygens (including phenoxy) is 3. The second-order valence-electron chi connectivity index (χ2n) is 15.5. The van der Waals surface area contributed by atoms with Crippen LogP contribution >= 0.6 is 0 Å². The molecule has 0 spiro atoms. The van der Waals surface area contributed by atoms with Gasteiger partial charge in [-0.15, -0.1) is 0 Å². The summed E-state index contributed by atoms with van der Waals surface area (Å²) in [5.74, 6) is -1.81. The average Bonchev–Trinajstić information content (AvgIpc) is 3.14. The number of allylic oxidation sites excluding steroid dienone is 10. The highest BCUT2D eigenvalue weighted by molar-refractivity contribution is 5.70. The van der Waals surface area contributed by atoms with Gasteiger partial charge in [-0.2, -0.15) is 0 Å². The van der Waals surface area contributed by atoms with Crippen LogP contribution in [0, 0.1) is 0 Å². The number of carboxylic acid groups (broad SMARTS) is 1. The molecule has 0 bridgehead atoms. The molecule has 316 valence electrons. The zero-order chi connectivity index (χ0) is 40.7. The Morgan fingerprint density at radius 2 is 1.05 bits per heavy atom. The number of likely N-dealkylation sites (N-methyl/N-ethyl adjacent to an activating group) is 1. The lowest BCUT2D eigenvalue weighted by molar-refractivity contribution is -0.889. The lowest BCUT2D eigenvalue weighted by Gasteiger charge is -2.34. The Hall–Kier alpha value is -2.97. The highest BCUT2D eigenvalue weighted by Crippen LogP contribution is 2.14. The number of nitrogens with zero attached hydrogens (tertiary/aromatic N) is 1. The summed E-state index contributed by atoms with van der Waals surface area (Å²) >= 11 is 0. The van der Waals surface area contributed by atoms with Gasteiger partial charge in [0.1, 0.15) is 12.6 Å². The quantitative estimate of drug-likeness (QED) is 0.0266. The molecule has 0 N–H and O–H groups in total. The van der Waals surface area contributed by atoms with E-state index in [9.17, 15) is 19.5 Å². The number of quaternary nitrogens is 1. The Morgan fingerprint density at radius 1 is 0.564 bits per heavy atom. The highest BCUT2D eigenvalue weighted by Gasteiger charge is 2.25. The number of rotatable bonds is 38. The zero-order valence-electron chi connectivity index (χ0n) is 35.8. The van der Waals surface area contributed by atoms with Crippen LogP contribution in [0.15, 0.2) is 60.8 Å². The van der Waals surface area contributed by atoms with Crippen molar-refractivity contribution in [2.75, 3.05) is 41.0 Å².